The number of hydrogen-bond donors (Lipinski definition) is 1. The molecule has 1 aromatic heterocycles. The van der Waals surface area contributed by atoms with Crippen LogP contribution in [0.4, 0.5) is 0 Å². The normalized spacial score (nSPS) is 21.1. The van der Waals surface area contributed by atoms with Gasteiger partial charge in [0.25, 0.3) is 0 Å². The first kappa shape index (κ1) is 8.25. The predicted molar refractivity (Wildman–Crippen MR) is 43.5 cm³/mol. The van der Waals surface area contributed by atoms with Gasteiger partial charge in [-0.3, -0.25) is 0 Å². The molecule has 0 radical (unpaired) electrons. The monoisotopic (exact) mass is 182 g/mol. The largest absolute Gasteiger partial charge is 0.476 e. The smallest absolute Gasteiger partial charge is 0.356 e. The van der Waals surface area contributed by atoms with Crippen LogP contribution in [0.25, 0.3) is 0 Å². The van der Waals surface area contributed by atoms with Gasteiger partial charge in [-0.1, -0.05) is 0 Å². The molecule has 1 aliphatic rings. The fourth-order valence-corrected chi connectivity index (χ4v) is 1.23. The first-order chi connectivity index (χ1) is 6.25. The summed E-state index contributed by atoms with van der Waals surface area (Å²) in [7, 11) is 0. The van der Waals surface area contributed by atoms with Gasteiger partial charge in [0.1, 0.15) is 0 Å². The number of aromatic carboxylic acids is 1. The number of nitrogens with zero attached hydrogens (tertiary/aromatic N) is 2. The molecule has 1 aromatic rings. The fraction of sp³-hybridized carbons (Fsp3) is 0.500. The highest BCUT2D eigenvalue weighted by molar-refractivity contribution is 5.84. The van der Waals surface area contributed by atoms with Crippen molar-refractivity contribution in [3.63, 3.8) is 0 Å². The minimum atomic E-state index is -0.992. The quantitative estimate of drug-likeness (QED) is 0.733. The van der Waals surface area contributed by atoms with Crippen molar-refractivity contribution in [3.8, 4) is 0 Å². The van der Waals surface area contributed by atoms with Gasteiger partial charge in [-0.15, -0.1) is 0 Å². The summed E-state index contributed by atoms with van der Waals surface area (Å²) in [5.41, 5.74) is 0.0827. The Morgan fingerprint density at radius 1 is 1.85 bits per heavy atom. The summed E-state index contributed by atoms with van der Waals surface area (Å²) in [6, 6.07) is 0. The Labute approximate surface area is 75.0 Å². The lowest BCUT2D eigenvalue weighted by atomic mass is 10.2. The molecule has 0 unspecified atom stereocenters. The molecule has 1 fully saturated rings. The van der Waals surface area contributed by atoms with E-state index in [9.17, 15) is 4.79 Å². The minimum Gasteiger partial charge on any atom is -0.476 e. The molecular formula is C8H10N2O3. The van der Waals surface area contributed by atoms with Crippen LogP contribution < -0.4 is 0 Å². The molecule has 0 spiro atoms. The summed E-state index contributed by atoms with van der Waals surface area (Å²) in [5, 5.41) is 8.60. The van der Waals surface area contributed by atoms with Crippen LogP contribution in [0.3, 0.4) is 0 Å². The van der Waals surface area contributed by atoms with E-state index >= 15 is 0 Å². The first-order valence-corrected chi connectivity index (χ1v) is 4.12. The maximum absolute atomic E-state index is 10.5. The minimum absolute atomic E-state index is 0.0827. The zero-order valence-corrected chi connectivity index (χ0v) is 7.01. The second kappa shape index (κ2) is 3.18. The fourth-order valence-electron chi connectivity index (χ4n) is 1.23. The molecule has 2 rings (SSSR count). The van der Waals surface area contributed by atoms with E-state index in [-0.39, 0.29) is 11.8 Å². The molecule has 1 atom stereocenters. The molecule has 0 saturated carbocycles. The maximum atomic E-state index is 10.5. The van der Waals surface area contributed by atoms with Crippen molar-refractivity contribution >= 4 is 5.97 Å². The predicted octanol–water partition coefficient (Wildman–Crippen LogP) is 0.370. The number of carboxylic acid groups (broad SMARTS) is 1. The Morgan fingerprint density at radius 2 is 2.62 bits per heavy atom. The molecule has 13 heavy (non-hydrogen) atoms. The Bertz CT molecular complexity index is 317. The standard InChI is InChI=1S/C8H10N2O3/c11-8(12)7-4-10(5-9-7)3-6-1-2-13-6/h4-6H,1-3H2,(H,11,12)/t6-/m0/s1. The third kappa shape index (κ3) is 1.70. The van der Waals surface area contributed by atoms with Crippen molar-refractivity contribution in [1.82, 2.24) is 9.55 Å². The van der Waals surface area contributed by atoms with Gasteiger partial charge in [0, 0.05) is 19.3 Å². The van der Waals surface area contributed by atoms with Crippen LogP contribution in [0.2, 0.25) is 0 Å². The molecule has 0 amide bonds. The highest BCUT2D eigenvalue weighted by Crippen LogP contribution is 2.13. The SMILES string of the molecule is O=C(O)c1cn(C[C@@H]2CCO2)cn1. The van der Waals surface area contributed by atoms with Crippen molar-refractivity contribution in [3.05, 3.63) is 18.2 Å². The zero-order valence-electron chi connectivity index (χ0n) is 7.01. The molecule has 1 N–H and O–H groups in total. The van der Waals surface area contributed by atoms with Gasteiger partial charge >= 0.3 is 5.97 Å². The Morgan fingerprint density at radius 3 is 3.08 bits per heavy atom. The molecule has 2 heterocycles. The summed E-state index contributed by atoms with van der Waals surface area (Å²) in [6.45, 7) is 1.51. The van der Waals surface area contributed by atoms with Crippen LogP contribution in [-0.2, 0) is 11.3 Å². The first-order valence-electron chi connectivity index (χ1n) is 4.12. The van der Waals surface area contributed by atoms with Crippen molar-refractivity contribution in [1.29, 1.82) is 0 Å². The van der Waals surface area contributed by atoms with E-state index in [1.807, 2.05) is 0 Å². The highest BCUT2D eigenvalue weighted by atomic mass is 16.5. The molecule has 1 aliphatic heterocycles. The molecule has 5 heteroatoms. The Kier molecular flexibility index (Phi) is 2.02. The van der Waals surface area contributed by atoms with Crippen molar-refractivity contribution < 1.29 is 14.6 Å². The summed E-state index contributed by atoms with van der Waals surface area (Å²) in [5.74, 6) is -0.992. The third-order valence-corrected chi connectivity index (χ3v) is 2.06. The third-order valence-electron chi connectivity index (χ3n) is 2.06. The number of imidazole rings is 1. The van der Waals surface area contributed by atoms with Gasteiger partial charge in [0.15, 0.2) is 5.69 Å². The molecule has 70 valence electrons. The summed E-state index contributed by atoms with van der Waals surface area (Å²) in [6.07, 6.45) is 4.31. The lowest BCUT2D eigenvalue weighted by Gasteiger charge is -2.26. The van der Waals surface area contributed by atoms with Crippen molar-refractivity contribution in [2.75, 3.05) is 6.61 Å². The van der Waals surface area contributed by atoms with Gasteiger partial charge in [0.05, 0.1) is 12.4 Å². The number of ether oxygens (including phenoxy) is 1. The second-order valence-corrected chi connectivity index (χ2v) is 3.04. The zero-order chi connectivity index (χ0) is 9.26. The van der Waals surface area contributed by atoms with Crippen LogP contribution >= 0.6 is 0 Å². The number of rotatable bonds is 3. The Balaban J connectivity index is 2.00. The van der Waals surface area contributed by atoms with Crippen molar-refractivity contribution in [2.45, 2.75) is 19.1 Å². The average molecular weight is 182 g/mol. The van der Waals surface area contributed by atoms with Crippen LogP contribution in [0.5, 0.6) is 0 Å². The van der Waals surface area contributed by atoms with E-state index in [2.05, 4.69) is 4.98 Å². The maximum Gasteiger partial charge on any atom is 0.356 e. The second-order valence-electron chi connectivity index (χ2n) is 3.04. The number of carbonyl (C=O) groups is 1. The lowest BCUT2D eigenvalue weighted by molar-refractivity contribution is -0.0592. The van der Waals surface area contributed by atoms with E-state index in [1.54, 1.807) is 4.57 Å². The van der Waals surface area contributed by atoms with E-state index in [1.165, 1.54) is 12.5 Å². The average Bonchev–Trinajstić information content (AvgIpc) is 2.44. The van der Waals surface area contributed by atoms with E-state index < -0.39 is 5.97 Å². The number of hydrogen-bond acceptors (Lipinski definition) is 3. The summed E-state index contributed by atoms with van der Waals surface area (Å²) >= 11 is 0. The van der Waals surface area contributed by atoms with Gasteiger partial charge in [-0.2, -0.15) is 0 Å². The number of carboxylic acids is 1. The molecule has 0 aliphatic carbocycles. The van der Waals surface area contributed by atoms with Gasteiger partial charge in [0.2, 0.25) is 0 Å². The Hall–Kier alpha value is -1.36. The molecule has 0 bridgehead atoms. The topological polar surface area (TPSA) is 64.3 Å². The molecule has 0 aromatic carbocycles. The van der Waals surface area contributed by atoms with E-state index in [0.717, 1.165) is 13.0 Å². The number of aromatic nitrogens is 2. The molecule has 1 saturated heterocycles. The van der Waals surface area contributed by atoms with Crippen LogP contribution in [0, 0.1) is 0 Å². The summed E-state index contributed by atoms with van der Waals surface area (Å²) < 4.78 is 6.95. The van der Waals surface area contributed by atoms with Crippen LogP contribution in [0.1, 0.15) is 16.9 Å². The van der Waals surface area contributed by atoms with Gasteiger partial charge < -0.3 is 14.4 Å². The van der Waals surface area contributed by atoms with Crippen LogP contribution in [0.15, 0.2) is 12.5 Å². The summed E-state index contributed by atoms with van der Waals surface area (Å²) in [4.78, 5) is 14.2. The molecule has 5 nitrogen and oxygen atoms in total. The van der Waals surface area contributed by atoms with Crippen LogP contribution in [-0.4, -0.2) is 33.3 Å². The van der Waals surface area contributed by atoms with E-state index in [0.29, 0.717) is 6.54 Å². The van der Waals surface area contributed by atoms with Crippen molar-refractivity contribution in [2.24, 2.45) is 0 Å². The van der Waals surface area contributed by atoms with E-state index in [4.69, 9.17) is 9.84 Å². The lowest BCUT2D eigenvalue weighted by Crippen LogP contribution is -2.30. The van der Waals surface area contributed by atoms with Gasteiger partial charge in [-0.25, -0.2) is 9.78 Å². The highest BCUT2D eigenvalue weighted by Gasteiger charge is 2.18. The van der Waals surface area contributed by atoms with Gasteiger partial charge in [-0.05, 0) is 6.42 Å². The molecular weight excluding hydrogens is 172 g/mol.